The van der Waals surface area contributed by atoms with Gasteiger partial charge in [-0.1, -0.05) is 26.0 Å². The van der Waals surface area contributed by atoms with Crippen molar-refractivity contribution < 1.29 is 4.79 Å². The fraction of sp³-hybridized carbons (Fsp3) is 0.350. The van der Waals surface area contributed by atoms with Gasteiger partial charge in [0.05, 0.1) is 10.2 Å². The molecule has 0 saturated carbocycles. The van der Waals surface area contributed by atoms with Crippen LogP contribution >= 0.6 is 11.3 Å². The van der Waals surface area contributed by atoms with Crippen LogP contribution in [-0.2, 0) is 0 Å². The summed E-state index contributed by atoms with van der Waals surface area (Å²) < 4.78 is 1.10. The molecular weight excluding hydrogens is 358 g/mol. The number of aromatic nitrogens is 2. The summed E-state index contributed by atoms with van der Waals surface area (Å²) in [6.07, 6.45) is 2.51. The van der Waals surface area contributed by atoms with Crippen LogP contribution in [-0.4, -0.2) is 35.1 Å². The zero-order chi connectivity index (χ0) is 18.8. The molecular formula is C20H23N5OS. The third-order valence-corrected chi connectivity index (χ3v) is 5.78. The first-order chi connectivity index (χ1) is 13.1. The molecule has 1 fully saturated rings. The summed E-state index contributed by atoms with van der Waals surface area (Å²) in [4.78, 5) is 23.3. The quantitative estimate of drug-likeness (QED) is 0.710. The van der Waals surface area contributed by atoms with Gasteiger partial charge < -0.3 is 15.5 Å². The SMILES string of the molecule is CC(C)c1ccc(NC(=O)NC2CCN(c3ncnc4ccsc34)C2)cc1. The van der Waals surface area contributed by atoms with Crippen LogP contribution in [0.5, 0.6) is 0 Å². The number of anilines is 2. The van der Waals surface area contributed by atoms with E-state index < -0.39 is 0 Å². The molecule has 0 aliphatic carbocycles. The molecule has 1 unspecified atom stereocenters. The highest BCUT2D eigenvalue weighted by Gasteiger charge is 2.26. The molecule has 27 heavy (non-hydrogen) atoms. The monoisotopic (exact) mass is 381 g/mol. The van der Waals surface area contributed by atoms with Gasteiger partial charge in [-0.05, 0) is 41.5 Å². The van der Waals surface area contributed by atoms with Gasteiger partial charge in [0.2, 0.25) is 0 Å². The van der Waals surface area contributed by atoms with Gasteiger partial charge in [-0.25, -0.2) is 14.8 Å². The summed E-state index contributed by atoms with van der Waals surface area (Å²) in [5, 5.41) is 8.03. The van der Waals surface area contributed by atoms with Crippen molar-refractivity contribution in [3.05, 3.63) is 47.6 Å². The van der Waals surface area contributed by atoms with Crippen molar-refractivity contribution in [2.75, 3.05) is 23.3 Å². The summed E-state index contributed by atoms with van der Waals surface area (Å²) in [6, 6.07) is 9.95. The van der Waals surface area contributed by atoms with E-state index in [-0.39, 0.29) is 12.1 Å². The molecule has 1 saturated heterocycles. The van der Waals surface area contributed by atoms with E-state index in [0.717, 1.165) is 41.2 Å². The largest absolute Gasteiger partial charge is 0.353 e. The average Bonchev–Trinajstić information content (AvgIpc) is 3.31. The molecule has 140 valence electrons. The van der Waals surface area contributed by atoms with E-state index in [4.69, 9.17) is 0 Å². The van der Waals surface area contributed by atoms with Crippen LogP contribution in [0.3, 0.4) is 0 Å². The number of carbonyl (C=O) groups excluding carboxylic acids is 1. The second-order valence-electron chi connectivity index (χ2n) is 7.14. The van der Waals surface area contributed by atoms with Crippen molar-refractivity contribution in [3.8, 4) is 0 Å². The normalized spacial score (nSPS) is 16.9. The first kappa shape index (κ1) is 17.7. The summed E-state index contributed by atoms with van der Waals surface area (Å²) in [5.74, 6) is 1.44. The van der Waals surface area contributed by atoms with Crippen LogP contribution in [0.1, 0.15) is 31.7 Å². The minimum absolute atomic E-state index is 0.102. The van der Waals surface area contributed by atoms with E-state index in [1.807, 2.05) is 23.6 Å². The first-order valence-electron chi connectivity index (χ1n) is 9.21. The third-order valence-electron chi connectivity index (χ3n) is 4.88. The maximum absolute atomic E-state index is 12.3. The predicted octanol–water partition coefficient (Wildman–Crippen LogP) is 4.22. The van der Waals surface area contributed by atoms with Crippen molar-refractivity contribution in [1.82, 2.24) is 15.3 Å². The zero-order valence-corrected chi connectivity index (χ0v) is 16.3. The Morgan fingerprint density at radius 1 is 1.22 bits per heavy atom. The molecule has 0 spiro atoms. The summed E-state index contributed by atoms with van der Waals surface area (Å²) in [6.45, 7) is 5.94. The van der Waals surface area contributed by atoms with Crippen molar-refractivity contribution >= 4 is 39.1 Å². The van der Waals surface area contributed by atoms with Crippen molar-refractivity contribution in [3.63, 3.8) is 0 Å². The van der Waals surface area contributed by atoms with E-state index in [2.05, 4.69) is 51.5 Å². The van der Waals surface area contributed by atoms with Crippen molar-refractivity contribution in [2.45, 2.75) is 32.2 Å². The molecule has 0 radical (unpaired) electrons. The minimum Gasteiger partial charge on any atom is -0.353 e. The molecule has 1 aromatic carbocycles. The Morgan fingerprint density at radius 2 is 2.04 bits per heavy atom. The molecule has 2 amide bonds. The Hall–Kier alpha value is -2.67. The number of rotatable bonds is 4. The number of hydrogen-bond acceptors (Lipinski definition) is 5. The third kappa shape index (κ3) is 3.88. The molecule has 1 atom stereocenters. The lowest BCUT2D eigenvalue weighted by Gasteiger charge is -2.18. The molecule has 3 heterocycles. The zero-order valence-electron chi connectivity index (χ0n) is 15.5. The van der Waals surface area contributed by atoms with E-state index >= 15 is 0 Å². The fourth-order valence-corrected chi connectivity index (χ4v) is 4.24. The number of thiophene rings is 1. The number of carbonyl (C=O) groups is 1. The maximum atomic E-state index is 12.3. The second-order valence-corrected chi connectivity index (χ2v) is 8.06. The average molecular weight is 382 g/mol. The van der Waals surface area contributed by atoms with Crippen LogP contribution < -0.4 is 15.5 Å². The van der Waals surface area contributed by atoms with Crippen LogP contribution in [0.25, 0.3) is 10.2 Å². The van der Waals surface area contributed by atoms with Crippen molar-refractivity contribution in [2.24, 2.45) is 0 Å². The van der Waals surface area contributed by atoms with E-state index in [9.17, 15) is 4.79 Å². The number of hydrogen-bond donors (Lipinski definition) is 2. The summed E-state index contributed by atoms with van der Waals surface area (Å²) in [7, 11) is 0. The number of fused-ring (bicyclic) bond motifs is 1. The van der Waals surface area contributed by atoms with Gasteiger partial charge in [0, 0.05) is 24.8 Å². The Morgan fingerprint density at radius 3 is 2.81 bits per heavy atom. The highest BCUT2D eigenvalue weighted by Crippen LogP contribution is 2.30. The number of nitrogens with one attached hydrogen (secondary N) is 2. The molecule has 3 aromatic rings. The number of benzene rings is 1. The highest BCUT2D eigenvalue weighted by molar-refractivity contribution is 7.17. The number of urea groups is 1. The standard InChI is InChI=1S/C20H23N5OS/c1-13(2)14-3-5-15(6-4-14)23-20(26)24-16-7-9-25(11-16)19-18-17(8-10-27-18)21-12-22-19/h3-6,8,10,12-13,16H,7,9,11H2,1-2H3,(H2,23,24,26). The second kappa shape index (κ2) is 7.52. The smallest absolute Gasteiger partial charge is 0.319 e. The van der Waals surface area contributed by atoms with Crippen LogP contribution in [0.4, 0.5) is 16.3 Å². The summed E-state index contributed by atoms with van der Waals surface area (Å²) >= 11 is 1.65. The molecule has 1 aliphatic heterocycles. The van der Waals surface area contributed by atoms with Gasteiger partial charge in [0.25, 0.3) is 0 Å². The lowest BCUT2D eigenvalue weighted by atomic mass is 10.0. The molecule has 2 aromatic heterocycles. The molecule has 6 nitrogen and oxygen atoms in total. The maximum Gasteiger partial charge on any atom is 0.319 e. The predicted molar refractivity (Wildman–Crippen MR) is 111 cm³/mol. The molecule has 1 aliphatic rings. The van der Waals surface area contributed by atoms with Crippen molar-refractivity contribution in [1.29, 1.82) is 0 Å². The Bertz CT molecular complexity index is 937. The molecule has 2 N–H and O–H groups in total. The molecule has 7 heteroatoms. The Balaban J connectivity index is 1.35. The van der Waals surface area contributed by atoms with Gasteiger partial charge in [0.15, 0.2) is 0 Å². The lowest BCUT2D eigenvalue weighted by molar-refractivity contribution is 0.249. The van der Waals surface area contributed by atoms with Gasteiger partial charge >= 0.3 is 6.03 Å². The van der Waals surface area contributed by atoms with Gasteiger partial charge in [0.1, 0.15) is 12.1 Å². The van der Waals surface area contributed by atoms with Crippen LogP contribution in [0.2, 0.25) is 0 Å². The van der Waals surface area contributed by atoms with Crippen LogP contribution in [0, 0.1) is 0 Å². The van der Waals surface area contributed by atoms with Gasteiger partial charge in [-0.15, -0.1) is 11.3 Å². The molecule has 0 bridgehead atoms. The Kier molecular flexibility index (Phi) is 4.94. The minimum atomic E-state index is -0.164. The van der Waals surface area contributed by atoms with E-state index in [0.29, 0.717) is 5.92 Å². The molecule has 4 rings (SSSR count). The fourth-order valence-electron chi connectivity index (χ4n) is 3.38. The topological polar surface area (TPSA) is 70.2 Å². The van der Waals surface area contributed by atoms with Gasteiger partial charge in [-0.2, -0.15) is 0 Å². The van der Waals surface area contributed by atoms with E-state index in [1.165, 1.54) is 5.56 Å². The Labute approximate surface area is 162 Å². The number of amides is 2. The number of nitrogens with zero attached hydrogens (tertiary/aromatic N) is 3. The first-order valence-corrected chi connectivity index (χ1v) is 10.1. The van der Waals surface area contributed by atoms with Crippen LogP contribution in [0.15, 0.2) is 42.0 Å². The van der Waals surface area contributed by atoms with E-state index in [1.54, 1.807) is 17.7 Å². The van der Waals surface area contributed by atoms with Gasteiger partial charge in [-0.3, -0.25) is 0 Å². The highest BCUT2D eigenvalue weighted by atomic mass is 32.1. The summed E-state index contributed by atoms with van der Waals surface area (Å²) in [5.41, 5.74) is 3.05. The lowest BCUT2D eigenvalue weighted by Crippen LogP contribution is -2.39.